The minimum Gasteiger partial charge on any atom is -0.496 e. The van der Waals surface area contributed by atoms with Gasteiger partial charge in [-0.25, -0.2) is 4.79 Å². The van der Waals surface area contributed by atoms with Crippen LogP contribution < -0.4 is 15.4 Å². The molecule has 0 saturated carbocycles. The normalized spacial score (nSPS) is 10.5. The van der Waals surface area contributed by atoms with Crippen LogP contribution in [-0.4, -0.2) is 13.1 Å². The van der Waals surface area contributed by atoms with Gasteiger partial charge >= 0.3 is 6.03 Å². The lowest BCUT2D eigenvalue weighted by Crippen LogP contribution is -2.29. The molecule has 2 aromatic carbocycles. The van der Waals surface area contributed by atoms with E-state index in [1.54, 1.807) is 7.11 Å². The van der Waals surface area contributed by atoms with E-state index in [2.05, 4.69) is 24.5 Å². The molecule has 23 heavy (non-hydrogen) atoms. The number of aryl methyl sites for hydroxylation is 1. The first-order valence-electron chi connectivity index (χ1n) is 7.79. The molecule has 4 nitrogen and oxygen atoms in total. The molecule has 0 radical (unpaired) electrons. The lowest BCUT2D eigenvalue weighted by atomic mass is 9.98. The highest BCUT2D eigenvalue weighted by Gasteiger charge is 2.12. The number of methoxy groups -OCH3 is 1. The summed E-state index contributed by atoms with van der Waals surface area (Å²) >= 11 is 0. The predicted octanol–water partition coefficient (Wildman–Crippen LogP) is 4.45. The second-order valence-electron chi connectivity index (χ2n) is 5.81. The van der Waals surface area contributed by atoms with Gasteiger partial charge in [0, 0.05) is 17.8 Å². The molecule has 0 saturated heterocycles. The van der Waals surface area contributed by atoms with E-state index < -0.39 is 0 Å². The van der Waals surface area contributed by atoms with Gasteiger partial charge in [-0.3, -0.25) is 0 Å². The molecule has 0 unspecified atom stereocenters. The zero-order valence-corrected chi connectivity index (χ0v) is 14.1. The van der Waals surface area contributed by atoms with E-state index in [1.807, 2.05) is 49.4 Å². The van der Waals surface area contributed by atoms with Crippen molar-refractivity contribution in [3.05, 3.63) is 59.2 Å². The van der Waals surface area contributed by atoms with Crippen LogP contribution in [0.25, 0.3) is 0 Å². The summed E-state index contributed by atoms with van der Waals surface area (Å²) in [7, 11) is 1.63. The van der Waals surface area contributed by atoms with Crippen molar-refractivity contribution < 1.29 is 9.53 Å². The smallest absolute Gasteiger partial charge is 0.319 e. The van der Waals surface area contributed by atoms with E-state index in [0.29, 0.717) is 12.5 Å². The van der Waals surface area contributed by atoms with Crippen LogP contribution in [0.4, 0.5) is 10.5 Å². The van der Waals surface area contributed by atoms with Gasteiger partial charge in [0.25, 0.3) is 0 Å². The molecule has 0 bridgehead atoms. The van der Waals surface area contributed by atoms with E-state index in [9.17, 15) is 4.79 Å². The molecule has 122 valence electrons. The van der Waals surface area contributed by atoms with E-state index in [-0.39, 0.29) is 6.03 Å². The van der Waals surface area contributed by atoms with Gasteiger partial charge in [0.2, 0.25) is 0 Å². The number of hydrogen-bond donors (Lipinski definition) is 2. The Balaban J connectivity index is 2.06. The fourth-order valence-electron chi connectivity index (χ4n) is 2.52. The molecule has 0 fully saturated rings. The Kier molecular flexibility index (Phi) is 5.63. The molecule has 2 N–H and O–H groups in total. The number of hydrogen-bond acceptors (Lipinski definition) is 2. The van der Waals surface area contributed by atoms with Crippen LogP contribution in [0, 0.1) is 6.92 Å². The highest BCUT2D eigenvalue weighted by atomic mass is 16.5. The molecule has 0 aliphatic carbocycles. The standard InChI is InChI=1S/C19H24N2O2/c1-13(2)16-10-7-8-14(3)18(16)21-19(22)20-12-15-9-5-6-11-17(15)23-4/h5-11,13H,12H2,1-4H3,(H2,20,21,22). The molecule has 0 heterocycles. The number of carbonyl (C=O) groups excluding carboxylic acids is 1. The van der Waals surface area contributed by atoms with E-state index in [0.717, 1.165) is 28.1 Å². The Morgan fingerprint density at radius 1 is 1.13 bits per heavy atom. The summed E-state index contributed by atoms with van der Waals surface area (Å²) < 4.78 is 5.29. The predicted molar refractivity (Wildman–Crippen MR) is 94.1 cm³/mol. The molecule has 4 heteroatoms. The maximum Gasteiger partial charge on any atom is 0.319 e. The van der Waals surface area contributed by atoms with Gasteiger partial charge in [-0.15, -0.1) is 0 Å². The van der Waals surface area contributed by atoms with Crippen molar-refractivity contribution in [3.63, 3.8) is 0 Å². The zero-order chi connectivity index (χ0) is 16.8. The number of ether oxygens (including phenoxy) is 1. The number of para-hydroxylation sites is 2. The van der Waals surface area contributed by atoms with Gasteiger partial charge < -0.3 is 15.4 Å². The van der Waals surface area contributed by atoms with Crippen molar-refractivity contribution in [1.29, 1.82) is 0 Å². The van der Waals surface area contributed by atoms with E-state index >= 15 is 0 Å². The van der Waals surface area contributed by atoms with Crippen LogP contribution >= 0.6 is 0 Å². The summed E-state index contributed by atoms with van der Waals surface area (Å²) in [5, 5.41) is 5.86. The van der Waals surface area contributed by atoms with Gasteiger partial charge in [0.05, 0.1) is 7.11 Å². The van der Waals surface area contributed by atoms with Gasteiger partial charge in [-0.05, 0) is 30.0 Å². The number of benzene rings is 2. The molecule has 0 spiro atoms. The summed E-state index contributed by atoms with van der Waals surface area (Å²) in [6.07, 6.45) is 0. The van der Waals surface area contributed by atoms with Crippen molar-refractivity contribution in [3.8, 4) is 5.75 Å². The number of nitrogens with one attached hydrogen (secondary N) is 2. The van der Waals surface area contributed by atoms with Crippen LogP contribution in [0.3, 0.4) is 0 Å². The fraction of sp³-hybridized carbons (Fsp3) is 0.316. The minimum absolute atomic E-state index is 0.216. The van der Waals surface area contributed by atoms with Crippen LogP contribution in [0.15, 0.2) is 42.5 Å². The number of amides is 2. The Hall–Kier alpha value is -2.49. The maximum absolute atomic E-state index is 12.2. The third kappa shape index (κ3) is 4.25. The van der Waals surface area contributed by atoms with Crippen LogP contribution in [0.1, 0.15) is 36.5 Å². The number of urea groups is 1. The monoisotopic (exact) mass is 312 g/mol. The van der Waals surface area contributed by atoms with Gasteiger partial charge in [-0.1, -0.05) is 50.2 Å². The van der Waals surface area contributed by atoms with Crippen molar-refractivity contribution in [2.75, 3.05) is 12.4 Å². The second-order valence-corrected chi connectivity index (χ2v) is 5.81. The fourth-order valence-corrected chi connectivity index (χ4v) is 2.52. The molecule has 0 aromatic heterocycles. The van der Waals surface area contributed by atoms with Crippen molar-refractivity contribution in [2.45, 2.75) is 33.2 Å². The van der Waals surface area contributed by atoms with Crippen LogP contribution in [-0.2, 0) is 6.54 Å². The van der Waals surface area contributed by atoms with Crippen molar-refractivity contribution in [2.24, 2.45) is 0 Å². The highest BCUT2D eigenvalue weighted by Crippen LogP contribution is 2.27. The Morgan fingerprint density at radius 2 is 1.87 bits per heavy atom. The summed E-state index contributed by atoms with van der Waals surface area (Å²) in [5.74, 6) is 1.12. The Bertz CT molecular complexity index is 681. The third-order valence-corrected chi connectivity index (χ3v) is 3.80. The van der Waals surface area contributed by atoms with E-state index in [1.165, 1.54) is 0 Å². The quantitative estimate of drug-likeness (QED) is 0.857. The molecule has 0 aliphatic heterocycles. The van der Waals surface area contributed by atoms with Gasteiger partial charge in [0.15, 0.2) is 0 Å². The summed E-state index contributed by atoms with van der Waals surface area (Å²) in [6, 6.07) is 13.5. The molecule has 0 aliphatic rings. The zero-order valence-electron chi connectivity index (χ0n) is 14.1. The Labute approximate surface area is 137 Å². The molecular formula is C19H24N2O2. The molecule has 0 atom stereocenters. The minimum atomic E-state index is -0.216. The SMILES string of the molecule is COc1ccccc1CNC(=O)Nc1c(C)cccc1C(C)C. The van der Waals surface area contributed by atoms with Crippen molar-refractivity contribution >= 4 is 11.7 Å². The largest absolute Gasteiger partial charge is 0.496 e. The first-order valence-corrected chi connectivity index (χ1v) is 7.79. The molecule has 2 amide bonds. The highest BCUT2D eigenvalue weighted by molar-refractivity contribution is 5.91. The number of anilines is 1. The Morgan fingerprint density at radius 3 is 2.57 bits per heavy atom. The first kappa shape index (κ1) is 16.9. The summed E-state index contributed by atoms with van der Waals surface area (Å²) in [6.45, 7) is 6.65. The lowest BCUT2D eigenvalue weighted by Gasteiger charge is -2.17. The van der Waals surface area contributed by atoms with Crippen LogP contribution in [0.5, 0.6) is 5.75 Å². The van der Waals surface area contributed by atoms with Gasteiger partial charge in [0.1, 0.15) is 5.75 Å². The molecule has 2 aromatic rings. The maximum atomic E-state index is 12.2. The summed E-state index contributed by atoms with van der Waals surface area (Å²) in [4.78, 5) is 12.2. The van der Waals surface area contributed by atoms with Crippen molar-refractivity contribution in [1.82, 2.24) is 5.32 Å². The van der Waals surface area contributed by atoms with Gasteiger partial charge in [-0.2, -0.15) is 0 Å². The molecule has 2 rings (SSSR count). The van der Waals surface area contributed by atoms with Crippen LogP contribution in [0.2, 0.25) is 0 Å². The lowest BCUT2D eigenvalue weighted by molar-refractivity contribution is 0.251. The first-order chi connectivity index (χ1) is 11.0. The number of carbonyl (C=O) groups is 1. The van der Waals surface area contributed by atoms with E-state index in [4.69, 9.17) is 4.74 Å². The topological polar surface area (TPSA) is 50.4 Å². The molecular weight excluding hydrogens is 288 g/mol. The summed E-state index contributed by atoms with van der Waals surface area (Å²) in [5.41, 5.74) is 4.03. The number of rotatable bonds is 5. The third-order valence-electron chi connectivity index (χ3n) is 3.80. The second kappa shape index (κ2) is 7.68. The average molecular weight is 312 g/mol. The average Bonchev–Trinajstić information content (AvgIpc) is 2.54.